The van der Waals surface area contributed by atoms with E-state index in [2.05, 4.69) is 28.4 Å². The maximum absolute atomic E-state index is 13.6. The molecule has 1 heterocycles. The van der Waals surface area contributed by atoms with E-state index in [1.165, 1.54) is 18.9 Å². The number of aromatic nitrogens is 2. The molecule has 1 aliphatic carbocycles. The molecule has 1 aliphatic rings. The Kier molecular flexibility index (Phi) is 3.93. The zero-order chi connectivity index (χ0) is 15.1. The van der Waals surface area contributed by atoms with Gasteiger partial charge in [0.25, 0.3) is 0 Å². The normalized spacial score (nSPS) is 18.4. The van der Waals surface area contributed by atoms with Crippen LogP contribution in [0.1, 0.15) is 37.9 Å². The average molecular weight is 310 g/mol. The second-order valence-electron chi connectivity index (χ2n) is 6.08. The quantitative estimate of drug-likeness (QED) is 0.780. The van der Waals surface area contributed by atoms with Crippen LogP contribution in [0.25, 0.3) is 11.0 Å². The molecule has 114 valence electrons. The molecular formula is C16H21ClFN3. The number of rotatable bonds is 5. The Balaban J connectivity index is 1.97. The third-order valence-electron chi connectivity index (χ3n) is 4.36. The number of hydrogen-bond donors (Lipinski definition) is 0. The van der Waals surface area contributed by atoms with E-state index in [-0.39, 0.29) is 11.2 Å². The van der Waals surface area contributed by atoms with Crippen molar-refractivity contribution in [1.29, 1.82) is 0 Å². The zero-order valence-electron chi connectivity index (χ0n) is 12.7. The van der Waals surface area contributed by atoms with Crippen molar-refractivity contribution >= 4 is 22.6 Å². The van der Waals surface area contributed by atoms with Gasteiger partial charge in [-0.15, -0.1) is 11.6 Å². The Morgan fingerprint density at radius 2 is 2.14 bits per heavy atom. The van der Waals surface area contributed by atoms with Crippen LogP contribution in [0.5, 0.6) is 0 Å². The van der Waals surface area contributed by atoms with Gasteiger partial charge in [0, 0.05) is 18.6 Å². The van der Waals surface area contributed by atoms with Crippen molar-refractivity contribution in [1.82, 2.24) is 14.5 Å². The van der Waals surface area contributed by atoms with Crippen LogP contribution in [-0.2, 0) is 6.54 Å². The first-order chi connectivity index (χ1) is 9.97. The fraction of sp³-hybridized carbons (Fsp3) is 0.562. The Hall–Kier alpha value is -1.13. The van der Waals surface area contributed by atoms with Crippen molar-refractivity contribution < 1.29 is 4.39 Å². The van der Waals surface area contributed by atoms with Gasteiger partial charge in [0.05, 0.1) is 16.4 Å². The summed E-state index contributed by atoms with van der Waals surface area (Å²) in [7, 11) is 2.16. The number of alkyl halides is 1. The molecule has 0 amide bonds. The number of hydrogen-bond acceptors (Lipinski definition) is 2. The van der Waals surface area contributed by atoms with Crippen molar-refractivity contribution in [3.05, 3.63) is 29.8 Å². The predicted molar refractivity (Wildman–Crippen MR) is 84.2 cm³/mol. The molecule has 0 spiro atoms. The second-order valence-corrected chi connectivity index (χ2v) is 6.73. The Labute approximate surface area is 129 Å². The largest absolute Gasteiger partial charge is 0.325 e. The molecule has 3 nitrogen and oxygen atoms in total. The van der Waals surface area contributed by atoms with E-state index >= 15 is 0 Å². The molecule has 3 rings (SSSR count). The summed E-state index contributed by atoms with van der Waals surface area (Å²) in [5.74, 6) is 0.578. The summed E-state index contributed by atoms with van der Waals surface area (Å²) < 4.78 is 15.6. The van der Waals surface area contributed by atoms with Crippen LogP contribution in [0.15, 0.2) is 18.2 Å². The second kappa shape index (κ2) is 5.58. The van der Waals surface area contributed by atoms with Gasteiger partial charge in [-0.25, -0.2) is 9.37 Å². The van der Waals surface area contributed by atoms with Gasteiger partial charge in [0.15, 0.2) is 0 Å². The number of fused-ring (bicyclic) bond motifs is 1. The first-order valence-electron chi connectivity index (χ1n) is 7.49. The Morgan fingerprint density at radius 3 is 2.76 bits per heavy atom. The fourth-order valence-corrected chi connectivity index (χ4v) is 3.01. The highest BCUT2D eigenvalue weighted by atomic mass is 35.5. The molecule has 2 aromatic rings. The molecule has 1 aromatic carbocycles. The van der Waals surface area contributed by atoms with Gasteiger partial charge in [-0.2, -0.15) is 0 Å². The lowest BCUT2D eigenvalue weighted by atomic mass is 10.2. The monoisotopic (exact) mass is 309 g/mol. The zero-order valence-corrected chi connectivity index (χ0v) is 13.4. The van der Waals surface area contributed by atoms with E-state index < -0.39 is 0 Å². The van der Waals surface area contributed by atoms with Crippen molar-refractivity contribution in [2.45, 2.75) is 50.7 Å². The van der Waals surface area contributed by atoms with E-state index in [4.69, 9.17) is 11.6 Å². The van der Waals surface area contributed by atoms with Crippen LogP contribution in [0.3, 0.4) is 0 Å². The number of imidazole rings is 1. The summed E-state index contributed by atoms with van der Waals surface area (Å²) in [5, 5.41) is -0.195. The lowest BCUT2D eigenvalue weighted by molar-refractivity contribution is 0.226. The van der Waals surface area contributed by atoms with Crippen molar-refractivity contribution in [2.24, 2.45) is 0 Å². The number of benzene rings is 1. The fourth-order valence-electron chi connectivity index (χ4n) is 2.84. The third-order valence-corrected chi connectivity index (χ3v) is 4.56. The molecule has 5 heteroatoms. The Morgan fingerprint density at radius 1 is 1.43 bits per heavy atom. The minimum absolute atomic E-state index is 0.195. The van der Waals surface area contributed by atoms with E-state index in [1.54, 1.807) is 12.1 Å². The molecule has 2 unspecified atom stereocenters. The highest BCUT2D eigenvalue weighted by Gasteiger charge is 2.30. The van der Waals surface area contributed by atoms with E-state index in [0.717, 1.165) is 23.4 Å². The van der Waals surface area contributed by atoms with Gasteiger partial charge in [0.1, 0.15) is 11.6 Å². The lowest BCUT2D eigenvalue weighted by Gasteiger charge is -2.26. The summed E-state index contributed by atoms with van der Waals surface area (Å²) in [6.45, 7) is 4.89. The molecule has 1 aromatic heterocycles. The average Bonchev–Trinajstić information content (AvgIpc) is 3.22. The molecule has 1 saturated carbocycles. The van der Waals surface area contributed by atoms with Crippen LogP contribution in [0.4, 0.5) is 4.39 Å². The van der Waals surface area contributed by atoms with Gasteiger partial charge in [-0.1, -0.05) is 0 Å². The van der Waals surface area contributed by atoms with Crippen molar-refractivity contribution in [3.8, 4) is 0 Å². The van der Waals surface area contributed by atoms with Crippen LogP contribution < -0.4 is 0 Å². The first-order valence-corrected chi connectivity index (χ1v) is 7.92. The molecule has 2 atom stereocenters. The van der Waals surface area contributed by atoms with Gasteiger partial charge in [0.2, 0.25) is 0 Å². The van der Waals surface area contributed by atoms with Gasteiger partial charge < -0.3 is 4.57 Å². The maximum atomic E-state index is 13.6. The van der Waals surface area contributed by atoms with Crippen LogP contribution >= 0.6 is 11.6 Å². The van der Waals surface area contributed by atoms with Gasteiger partial charge in [-0.3, -0.25) is 4.90 Å². The molecule has 0 bridgehead atoms. The van der Waals surface area contributed by atoms with Gasteiger partial charge in [-0.05, 0) is 51.9 Å². The van der Waals surface area contributed by atoms with E-state index in [0.29, 0.717) is 12.1 Å². The number of nitrogens with zero attached hydrogens (tertiary/aromatic N) is 3. The molecule has 0 aliphatic heterocycles. The van der Waals surface area contributed by atoms with Gasteiger partial charge >= 0.3 is 0 Å². The molecule has 0 radical (unpaired) electrons. The topological polar surface area (TPSA) is 21.1 Å². The SMILES string of the molecule is CC(Cl)c1nc2ccc(F)cc2n1CC(C)N(C)C1CC1. The van der Waals surface area contributed by atoms with Crippen LogP contribution in [-0.4, -0.2) is 33.6 Å². The summed E-state index contributed by atoms with van der Waals surface area (Å²) in [6.07, 6.45) is 2.55. The minimum Gasteiger partial charge on any atom is -0.325 e. The molecular weight excluding hydrogens is 289 g/mol. The molecule has 0 saturated heterocycles. The number of likely N-dealkylation sites (N-methyl/N-ethyl adjacent to an activating group) is 1. The lowest BCUT2D eigenvalue weighted by Crippen LogP contribution is -2.34. The van der Waals surface area contributed by atoms with E-state index in [9.17, 15) is 4.39 Å². The standard InChI is InChI=1S/C16H21ClFN3/c1-10(20(3)13-5-6-13)9-21-15-8-12(18)4-7-14(15)19-16(21)11(2)17/h4,7-8,10-11,13H,5-6,9H2,1-3H3. The summed E-state index contributed by atoms with van der Waals surface area (Å²) in [4.78, 5) is 6.97. The summed E-state index contributed by atoms with van der Waals surface area (Å²) in [5.41, 5.74) is 1.63. The molecule has 0 N–H and O–H groups in total. The summed E-state index contributed by atoms with van der Waals surface area (Å²) in [6, 6.07) is 5.78. The highest BCUT2D eigenvalue weighted by molar-refractivity contribution is 6.20. The van der Waals surface area contributed by atoms with Crippen LogP contribution in [0, 0.1) is 5.82 Å². The summed E-state index contributed by atoms with van der Waals surface area (Å²) >= 11 is 6.27. The van der Waals surface area contributed by atoms with Crippen molar-refractivity contribution in [2.75, 3.05) is 7.05 Å². The molecule has 1 fully saturated rings. The highest BCUT2D eigenvalue weighted by Crippen LogP contribution is 2.29. The predicted octanol–water partition coefficient (Wildman–Crippen LogP) is 3.96. The Bertz CT molecular complexity index is 648. The molecule has 21 heavy (non-hydrogen) atoms. The maximum Gasteiger partial charge on any atom is 0.127 e. The first kappa shape index (κ1) is 14.8. The number of halogens is 2. The van der Waals surface area contributed by atoms with E-state index in [1.807, 2.05) is 6.92 Å². The van der Waals surface area contributed by atoms with Crippen molar-refractivity contribution in [3.63, 3.8) is 0 Å². The third kappa shape index (κ3) is 2.92. The minimum atomic E-state index is -0.236. The van der Waals surface area contributed by atoms with Crippen LogP contribution in [0.2, 0.25) is 0 Å². The smallest absolute Gasteiger partial charge is 0.127 e.